The van der Waals surface area contributed by atoms with E-state index in [2.05, 4.69) is 10.3 Å². The lowest BCUT2D eigenvalue weighted by Crippen LogP contribution is -2.38. The Morgan fingerprint density at radius 3 is 2.63 bits per heavy atom. The standard InChI is InChI=1S/C16H17N5O3.CH2O2/c1-10-5-4-6-21-11(9-17-15(10)21)7-13(22)18-12-8-14(23)20(3)16(24)19(12)2;2-1-3/h4-6,8-9H,7H2,1-3H3,(H,18,22);1H,(H,2,3). The molecule has 0 aromatic carbocycles. The number of hydrogen-bond donors (Lipinski definition) is 2. The van der Waals surface area contributed by atoms with Crippen molar-refractivity contribution >= 4 is 23.8 Å². The fraction of sp³-hybridized carbons (Fsp3) is 0.235. The second kappa shape index (κ2) is 8.13. The van der Waals surface area contributed by atoms with Gasteiger partial charge in [-0.05, 0) is 18.6 Å². The van der Waals surface area contributed by atoms with Gasteiger partial charge >= 0.3 is 5.69 Å². The van der Waals surface area contributed by atoms with E-state index in [1.54, 1.807) is 6.20 Å². The van der Waals surface area contributed by atoms with Crippen LogP contribution >= 0.6 is 0 Å². The van der Waals surface area contributed by atoms with Crippen molar-refractivity contribution < 1.29 is 14.7 Å². The minimum absolute atomic E-state index is 0.0774. The van der Waals surface area contributed by atoms with E-state index in [0.29, 0.717) is 0 Å². The molecule has 0 radical (unpaired) electrons. The molecule has 0 saturated heterocycles. The number of carbonyl (C=O) groups is 2. The Morgan fingerprint density at radius 1 is 1.30 bits per heavy atom. The number of anilines is 1. The van der Waals surface area contributed by atoms with Crippen LogP contribution < -0.4 is 16.6 Å². The van der Waals surface area contributed by atoms with Gasteiger partial charge in [0.2, 0.25) is 5.91 Å². The molecule has 2 N–H and O–H groups in total. The number of fused-ring (bicyclic) bond motifs is 1. The Hall–Kier alpha value is -3.69. The first-order valence-electron chi connectivity index (χ1n) is 7.86. The van der Waals surface area contributed by atoms with Gasteiger partial charge in [-0.1, -0.05) is 6.07 Å². The maximum absolute atomic E-state index is 12.3. The maximum Gasteiger partial charge on any atom is 0.332 e. The van der Waals surface area contributed by atoms with Crippen LogP contribution in [0.3, 0.4) is 0 Å². The summed E-state index contributed by atoms with van der Waals surface area (Å²) in [4.78, 5) is 48.6. The summed E-state index contributed by atoms with van der Waals surface area (Å²) in [5.41, 5.74) is 1.56. The molecule has 142 valence electrons. The molecule has 0 aliphatic rings. The molecule has 10 nitrogen and oxygen atoms in total. The molecule has 27 heavy (non-hydrogen) atoms. The minimum atomic E-state index is -0.497. The predicted molar refractivity (Wildman–Crippen MR) is 97.9 cm³/mol. The maximum atomic E-state index is 12.3. The smallest absolute Gasteiger partial charge is 0.332 e. The van der Waals surface area contributed by atoms with Crippen molar-refractivity contribution in [3.05, 3.63) is 62.7 Å². The van der Waals surface area contributed by atoms with Gasteiger partial charge < -0.3 is 14.8 Å². The molecular weight excluding hydrogens is 354 g/mol. The van der Waals surface area contributed by atoms with Gasteiger partial charge in [0.05, 0.1) is 12.1 Å². The van der Waals surface area contributed by atoms with Crippen molar-refractivity contribution in [2.45, 2.75) is 13.3 Å². The first-order valence-corrected chi connectivity index (χ1v) is 7.86. The highest BCUT2D eigenvalue weighted by Crippen LogP contribution is 2.12. The molecule has 10 heteroatoms. The number of rotatable bonds is 3. The highest BCUT2D eigenvalue weighted by Gasteiger charge is 2.13. The minimum Gasteiger partial charge on any atom is -0.483 e. The molecule has 0 saturated carbocycles. The van der Waals surface area contributed by atoms with Crippen LogP contribution in [0.15, 0.2) is 40.2 Å². The van der Waals surface area contributed by atoms with Crippen molar-refractivity contribution in [1.29, 1.82) is 0 Å². The second-order valence-corrected chi connectivity index (χ2v) is 5.73. The van der Waals surface area contributed by atoms with Gasteiger partial charge in [0.25, 0.3) is 12.0 Å². The van der Waals surface area contributed by atoms with Crippen molar-refractivity contribution in [3.8, 4) is 0 Å². The fourth-order valence-corrected chi connectivity index (χ4v) is 2.54. The molecule has 3 heterocycles. The monoisotopic (exact) mass is 373 g/mol. The molecule has 3 rings (SSSR count). The van der Waals surface area contributed by atoms with Crippen LogP contribution in [0, 0.1) is 6.92 Å². The molecule has 3 aromatic heterocycles. The molecule has 0 fully saturated rings. The van der Waals surface area contributed by atoms with E-state index in [1.165, 1.54) is 24.7 Å². The van der Waals surface area contributed by atoms with E-state index in [-0.39, 0.29) is 24.6 Å². The van der Waals surface area contributed by atoms with Crippen LogP contribution in [0.5, 0.6) is 0 Å². The highest BCUT2D eigenvalue weighted by molar-refractivity contribution is 5.91. The van der Waals surface area contributed by atoms with Crippen molar-refractivity contribution in [2.24, 2.45) is 14.1 Å². The number of imidazole rings is 1. The largest absolute Gasteiger partial charge is 0.483 e. The Morgan fingerprint density at radius 2 is 1.96 bits per heavy atom. The van der Waals surface area contributed by atoms with E-state index in [0.717, 1.165) is 21.5 Å². The first kappa shape index (κ1) is 19.6. The number of nitrogens with one attached hydrogen (secondary N) is 1. The van der Waals surface area contributed by atoms with E-state index < -0.39 is 11.2 Å². The first-order chi connectivity index (χ1) is 12.8. The lowest BCUT2D eigenvalue weighted by molar-refractivity contribution is -0.123. The number of amides is 1. The zero-order valence-corrected chi connectivity index (χ0v) is 15.0. The normalized spacial score (nSPS) is 10.2. The average Bonchev–Trinajstić information content (AvgIpc) is 3.03. The predicted octanol–water partition coefficient (Wildman–Crippen LogP) is -0.0779. The van der Waals surface area contributed by atoms with E-state index in [9.17, 15) is 14.4 Å². The zero-order valence-electron chi connectivity index (χ0n) is 15.0. The third-order valence-corrected chi connectivity index (χ3v) is 3.94. The van der Waals surface area contributed by atoms with Crippen LogP contribution in [-0.2, 0) is 30.1 Å². The molecule has 3 aromatic rings. The van der Waals surface area contributed by atoms with Gasteiger partial charge in [0.1, 0.15) is 11.5 Å². The summed E-state index contributed by atoms with van der Waals surface area (Å²) in [5.74, 6) is -0.167. The van der Waals surface area contributed by atoms with Crippen LogP contribution in [-0.4, -0.2) is 36.0 Å². The summed E-state index contributed by atoms with van der Waals surface area (Å²) in [6.07, 6.45) is 3.56. The molecule has 0 bridgehead atoms. The van der Waals surface area contributed by atoms with Gasteiger partial charge in [-0.2, -0.15) is 0 Å². The second-order valence-electron chi connectivity index (χ2n) is 5.73. The van der Waals surface area contributed by atoms with Crippen molar-refractivity contribution in [3.63, 3.8) is 0 Å². The summed E-state index contributed by atoms with van der Waals surface area (Å²) in [6.45, 7) is 1.70. The number of carboxylic acid groups (broad SMARTS) is 1. The van der Waals surface area contributed by atoms with Gasteiger partial charge in [-0.25, -0.2) is 9.78 Å². The summed E-state index contributed by atoms with van der Waals surface area (Å²) < 4.78 is 4.04. The van der Waals surface area contributed by atoms with Crippen LogP contribution in [0.25, 0.3) is 5.65 Å². The number of pyridine rings is 1. The SMILES string of the molecule is Cc1cccn2c(CC(=O)Nc3cc(=O)n(C)c(=O)n3C)cnc12.O=CO. The van der Waals surface area contributed by atoms with Gasteiger partial charge in [-0.15, -0.1) is 0 Å². The van der Waals surface area contributed by atoms with E-state index >= 15 is 0 Å². The van der Waals surface area contributed by atoms with Gasteiger partial charge in [-0.3, -0.25) is 23.5 Å². The Labute approximate surface area is 153 Å². The van der Waals surface area contributed by atoms with E-state index in [4.69, 9.17) is 9.90 Å². The summed E-state index contributed by atoms with van der Waals surface area (Å²) >= 11 is 0. The van der Waals surface area contributed by atoms with Crippen molar-refractivity contribution in [1.82, 2.24) is 18.5 Å². The topological polar surface area (TPSA) is 128 Å². The lowest BCUT2D eigenvalue weighted by Gasteiger charge is -2.10. The Balaban J connectivity index is 0.000000817. The summed E-state index contributed by atoms with van der Waals surface area (Å²) in [6, 6.07) is 5.05. The third kappa shape index (κ3) is 4.11. The molecule has 1 amide bonds. The quantitative estimate of drug-likeness (QED) is 0.618. The van der Waals surface area contributed by atoms with E-state index in [1.807, 2.05) is 29.7 Å². The molecule has 0 unspecified atom stereocenters. The molecule has 0 spiro atoms. The number of aryl methyl sites for hydroxylation is 1. The zero-order chi connectivity index (χ0) is 20.1. The van der Waals surface area contributed by atoms with Crippen LogP contribution in [0.2, 0.25) is 0 Å². The lowest BCUT2D eigenvalue weighted by atomic mass is 10.3. The molecule has 0 aliphatic carbocycles. The summed E-state index contributed by atoms with van der Waals surface area (Å²) in [5, 5.41) is 9.50. The van der Waals surface area contributed by atoms with Gasteiger partial charge in [0, 0.05) is 32.6 Å². The van der Waals surface area contributed by atoms with Gasteiger partial charge in [0.15, 0.2) is 0 Å². The van der Waals surface area contributed by atoms with Crippen LogP contribution in [0.4, 0.5) is 5.82 Å². The van der Waals surface area contributed by atoms with Crippen molar-refractivity contribution in [2.75, 3.05) is 5.32 Å². The molecular formula is C17H19N5O5. The molecule has 0 atom stereocenters. The number of nitrogens with zero attached hydrogens (tertiary/aromatic N) is 4. The molecule has 0 aliphatic heterocycles. The van der Waals surface area contributed by atoms with Crippen LogP contribution in [0.1, 0.15) is 11.3 Å². The average molecular weight is 373 g/mol. The number of aromatic nitrogens is 4. The highest BCUT2D eigenvalue weighted by atomic mass is 16.3. The number of hydrogen-bond acceptors (Lipinski definition) is 5. The number of carbonyl (C=O) groups excluding carboxylic acids is 1. The third-order valence-electron chi connectivity index (χ3n) is 3.94. The summed E-state index contributed by atoms with van der Waals surface area (Å²) in [7, 11) is 2.88. The fourth-order valence-electron chi connectivity index (χ4n) is 2.54. The Kier molecular flexibility index (Phi) is 5.91. The Bertz CT molecular complexity index is 1110.